The maximum Gasteiger partial charge on any atom is 0.134 e. The van der Waals surface area contributed by atoms with Crippen LogP contribution in [0.3, 0.4) is 0 Å². The van der Waals surface area contributed by atoms with Crippen LogP contribution >= 0.6 is 23.2 Å². The quantitative estimate of drug-likeness (QED) is 0.656. The van der Waals surface area contributed by atoms with Crippen molar-refractivity contribution < 1.29 is 0 Å². The number of hydrogen-bond acceptors (Lipinski definition) is 2. The molecule has 0 amide bonds. The lowest BCUT2D eigenvalue weighted by Gasteiger charge is -2.04. The molecule has 0 saturated carbocycles. The molecule has 2 rings (SSSR count). The topological polar surface area (TPSA) is 38.9 Å². The molecule has 1 aromatic heterocycles. The molecule has 0 unspecified atom stereocenters. The molecule has 2 N–H and O–H groups in total. The van der Waals surface area contributed by atoms with Crippen molar-refractivity contribution in [1.29, 1.82) is 0 Å². The Bertz CT molecular complexity index is 495. The molecule has 4 heteroatoms. The SMILES string of the molecule is Nc1ccc(Cc2ccc(Cl)nc2Cl)cc1. The van der Waals surface area contributed by atoms with E-state index < -0.39 is 0 Å². The minimum atomic E-state index is 0.408. The summed E-state index contributed by atoms with van der Waals surface area (Å²) in [6.07, 6.45) is 0.725. The second-order valence-corrected chi connectivity index (χ2v) is 4.25. The summed E-state index contributed by atoms with van der Waals surface area (Å²) in [7, 11) is 0. The average Bonchev–Trinajstić information content (AvgIpc) is 2.25. The van der Waals surface area contributed by atoms with Crippen molar-refractivity contribution in [2.24, 2.45) is 0 Å². The summed E-state index contributed by atoms with van der Waals surface area (Å²) in [6, 6.07) is 11.3. The molecular weight excluding hydrogens is 243 g/mol. The molecule has 2 nitrogen and oxygen atoms in total. The van der Waals surface area contributed by atoms with Crippen LogP contribution in [0.15, 0.2) is 36.4 Å². The molecule has 0 aliphatic rings. The minimum Gasteiger partial charge on any atom is -0.399 e. The molecule has 16 heavy (non-hydrogen) atoms. The number of nitrogens with zero attached hydrogens (tertiary/aromatic N) is 1. The summed E-state index contributed by atoms with van der Waals surface area (Å²) in [5.74, 6) is 0. The highest BCUT2D eigenvalue weighted by atomic mass is 35.5. The van der Waals surface area contributed by atoms with Crippen LogP contribution in [-0.4, -0.2) is 4.98 Å². The summed E-state index contributed by atoms with van der Waals surface area (Å²) in [5.41, 5.74) is 8.46. The second kappa shape index (κ2) is 4.73. The van der Waals surface area contributed by atoms with Gasteiger partial charge >= 0.3 is 0 Å². The first-order chi connectivity index (χ1) is 7.65. The normalized spacial score (nSPS) is 10.4. The van der Waals surface area contributed by atoms with Crippen molar-refractivity contribution >= 4 is 28.9 Å². The first-order valence-corrected chi connectivity index (χ1v) is 5.56. The van der Waals surface area contributed by atoms with Crippen LogP contribution in [0, 0.1) is 0 Å². The molecule has 2 aromatic rings. The van der Waals surface area contributed by atoms with Gasteiger partial charge in [-0.05, 0) is 29.3 Å². The third kappa shape index (κ3) is 2.65. The zero-order chi connectivity index (χ0) is 11.5. The van der Waals surface area contributed by atoms with Crippen LogP contribution in [0.25, 0.3) is 0 Å². The number of nitrogen functional groups attached to an aromatic ring is 1. The van der Waals surface area contributed by atoms with E-state index in [-0.39, 0.29) is 0 Å². The number of hydrogen-bond donors (Lipinski definition) is 1. The largest absolute Gasteiger partial charge is 0.399 e. The molecule has 0 aliphatic heterocycles. The third-order valence-electron chi connectivity index (χ3n) is 2.27. The van der Waals surface area contributed by atoms with E-state index in [1.807, 2.05) is 30.3 Å². The molecule has 0 atom stereocenters. The van der Waals surface area contributed by atoms with Crippen molar-refractivity contribution in [3.8, 4) is 0 Å². The van der Waals surface area contributed by atoms with Gasteiger partial charge in [0.1, 0.15) is 10.3 Å². The number of benzene rings is 1. The van der Waals surface area contributed by atoms with E-state index in [9.17, 15) is 0 Å². The summed E-state index contributed by atoms with van der Waals surface area (Å²) in [4.78, 5) is 3.99. The van der Waals surface area contributed by atoms with E-state index in [4.69, 9.17) is 28.9 Å². The molecular formula is C12H10Cl2N2. The van der Waals surface area contributed by atoms with Gasteiger partial charge in [-0.25, -0.2) is 4.98 Å². The van der Waals surface area contributed by atoms with Gasteiger partial charge in [0, 0.05) is 12.1 Å². The van der Waals surface area contributed by atoms with Gasteiger partial charge in [0.05, 0.1) is 0 Å². The highest BCUT2D eigenvalue weighted by Gasteiger charge is 2.03. The van der Waals surface area contributed by atoms with Crippen LogP contribution in [0.2, 0.25) is 10.3 Å². The van der Waals surface area contributed by atoms with E-state index in [2.05, 4.69) is 4.98 Å². The van der Waals surface area contributed by atoms with E-state index in [1.54, 1.807) is 6.07 Å². The van der Waals surface area contributed by atoms with E-state index in [1.165, 1.54) is 0 Å². The highest BCUT2D eigenvalue weighted by Crippen LogP contribution is 2.20. The van der Waals surface area contributed by atoms with Crippen LogP contribution in [0.1, 0.15) is 11.1 Å². The van der Waals surface area contributed by atoms with Gasteiger partial charge in [-0.2, -0.15) is 0 Å². The van der Waals surface area contributed by atoms with Crippen LogP contribution < -0.4 is 5.73 Å². The molecule has 0 saturated heterocycles. The summed E-state index contributed by atoms with van der Waals surface area (Å²) < 4.78 is 0. The third-order valence-corrected chi connectivity index (χ3v) is 2.80. The van der Waals surface area contributed by atoms with Gasteiger partial charge in [0.2, 0.25) is 0 Å². The summed E-state index contributed by atoms with van der Waals surface area (Å²) in [5, 5.41) is 0.857. The Labute approximate surface area is 104 Å². The molecule has 1 heterocycles. The van der Waals surface area contributed by atoms with Gasteiger partial charge < -0.3 is 5.73 Å². The molecule has 1 aromatic carbocycles. The van der Waals surface area contributed by atoms with Crippen LogP contribution in [0.5, 0.6) is 0 Å². The van der Waals surface area contributed by atoms with Crippen molar-refractivity contribution in [1.82, 2.24) is 4.98 Å². The maximum atomic E-state index is 5.99. The monoisotopic (exact) mass is 252 g/mol. The number of pyridine rings is 1. The molecule has 0 spiro atoms. The second-order valence-electron chi connectivity index (χ2n) is 3.50. The fraction of sp³-hybridized carbons (Fsp3) is 0.0833. The Morgan fingerprint density at radius 2 is 1.69 bits per heavy atom. The van der Waals surface area contributed by atoms with E-state index in [0.717, 1.165) is 23.2 Å². The van der Waals surface area contributed by atoms with Gasteiger partial charge in [0.25, 0.3) is 0 Å². The van der Waals surface area contributed by atoms with Crippen LogP contribution in [-0.2, 0) is 6.42 Å². The first-order valence-electron chi connectivity index (χ1n) is 4.80. The standard InChI is InChI=1S/C12H10Cl2N2/c13-11-6-3-9(12(14)16-11)7-8-1-4-10(15)5-2-8/h1-6H,7,15H2. The number of rotatable bonds is 2. The number of halogens is 2. The fourth-order valence-corrected chi connectivity index (χ4v) is 1.84. The Balaban J connectivity index is 2.23. The van der Waals surface area contributed by atoms with E-state index >= 15 is 0 Å². The smallest absolute Gasteiger partial charge is 0.134 e. The molecule has 0 radical (unpaired) electrons. The highest BCUT2D eigenvalue weighted by molar-refractivity contribution is 6.32. The molecule has 0 fully saturated rings. The summed E-state index contributed by atoms with van der Waals surface area (Å²) in [6.45, 7) is 0. The van der Waals surface area contributed by atoms with Gasteiger partial charge in [0.15, 0.2) is 0 Å². The lowest BCUT2D eigenvalue weighted by molar-refractivity contribution is 1.15. The Morgan fingerprint density at radius 1 is 1.00 bits per heavy atom. The van der Waals surface area contributed by atoms with E-state index in [0.29, 0.717) is 10.3 Å². The average molecular weight is 253 g/mol. The van der Waals surface area contributed by atoms with Crippen molar-refractivity contribution in [3.05, 3.63) is 57.8 Å². The van der Waals surface area contributed by atoms with Gasteiger partial charge in [-0.15, -0.1) is 0 Å². The van der Waals surface area contributed by atoms with Crippen molar-refractivity contribution in [2.75, 3.05) is 5.73 Å². The van der Waals surface area contributed by atoms with Gasteiger partial charge in [-0.3, -0.25) is 0 Å². The van der Waals surface area contributed by atoms with Gasteiger partial charge in [-0.1, -0.05) is 41.4 Å². The van der Waals surface area contributed by atoms with Crippen molar-refractivity contribution in [3.63, 3.8) is 0 Å². The Kier molecular flexibility index (Phi) is 3.32. The predicted molar refractivity (Wildman–Crippen MR) is 67.9 cm³/mol. The lowest BCUT2D eigenvalue weighted by atomic mass is 10.1. The minimum absolute atomic E-state index is 0.408. The lowest BCUT2D eigenvalue weighted by Crippen LogP contribution is -1.92. The molecule has 0 aliphatic carbocycles. The number of anilines is 1. The number of nitrogens with two attached hydrogens (primary N) is 1. The predicted octanol–water partition coefficient (Wildman–Crippen LogP) is 3.56. The Morgan fingerprint density at radius 3 is 2.31 bits per heavy atom. The van der Waals surface area contributed by atoms with Crippen molar-refractivity contribution in [2.45, 2.75) is 6.42 Å². The first kappa shape index (κ1) is 11.2. The number of aromatic nitrogens is 1. The zero-order valence-electron chi connectivity index (χ0n) is 8.45. The molecule has 82 valence electrons. The zero-order valence-corrected chi connectivity index (χ0v) is 9.96. The maximum absolute atomic E-state index is 5.99. The summed E-state index contributed by atoms with van der Waals surface area (Å²) >= 11 is 11.7. The molecule has 0 bridgehead atoms. The van der Waals surface area contributed by atoms with Crippen LogP contribution in [0.4, 0.5) is 5.69 Å². The fourth-order valence-electron chi connectivity index (χ4n) is 1.43. The Hall–Kier alpha value is -1.25.